The second-order valence-corrected chi connectivity index (χ2v) is 6.95. The molecule has 0 radical (unpaired) electrons. The molecule has 0 aromatic heterocycles. The predicted octanol–water partition coefficient (Wildman–Crippen LogP) is 6.09. The number of halogens is 1. The summed E-state index contributed by atoms with van der Waals surface area (Å²) in [6.07, 6.45) is 5.69. The summed E-state index contributed by atoms with van der Waals surface area (Å²) in [5, 5.41) is 0. The number of thioether (sulfide) groups is 1. The van der Waals surface area contributed by atoms with Crippen LogP contribution < -0.4 is 0 Å². The third-order valence-electron chi connectivity index (χ3n) is 4.09. The molecule has 0 spiro atoms. The number of allylic oxidation sites excluding steroid dienone is 6. The van der Waals surface area contributed by atoms with E-state index in [9.17, 15) is 4.53 Å². The zero-order valence-corrected chi connectivity index (χ0v) is 14.0. The predicted molar refractivity (Wildman–Crippen MR) is 93.8 cm³/mol. The Hall–Kier alpha value is -1.74. The van der Waals surface area contributed by atoms with E-state index in [4.69, 9.17) is 0 Å². The van der Waals surface area contributed by atoms with E-state index in [1.165, 1.54) is 0 Å². The third-order valence-corrected chi connectivity index (χ3v) is 5.39. The van der Waals surface area contributed by atoms with Crippen molar-refractivity contribution in [2.75, 3.05) is 5.75 Å². The fourth-order valence-electron chi connectivity index (χ4n) is 2.34. The normalized spacial score (nSPS) is 21.4. The highest BCUT2D eigenvalue weighted by Gasteiger charge is 2.36. The molecule has 0 fully saturated rings. The van der Waals surface area contributed by atoms with Gasteiger partial charge in [-0.25, -0.2) is 0 Å². The molecule has 0 heterocycles. The molecule has 1 nitrogen and oxygen atoms in total. The summed E-state index contributed by atoms with van der Waals surface area (Å²) in [4.78, 5) is 5.18. The average Bonchev–Trinajstić information content (AvgIpc) is 2.81. The molecule has 3 heteroatoms. The summed E-state index contributed by atoms with van der Waals surface area (Å²) in [6, 6.07) is 10.1. The van der Waals surface area contributed by atoms with Crippen LogP contribution in [-0.2, 0) is 4.94 Å². The zero-order valence-electron chi connectivity index (χ0n) is 13.2. The van der Waals surface area contributed by atoms with Crippen LogP contribution in [0.25, 0.3) is 5.57 Å². The highest BCUT2D eigenvalue weighted by atomic mass is 32.2. The second-order valence-electron chi connectivity index (χ2n) is 5.72. The molecule has 1 atom stereocenters. The first kappa shape index (κ1) is 16.6. The van der Waals surface area contributed by atoms with Crippen molar-refractivity contribution in [2.24, 2.45) is 5.41 Å². The van der Waals surface area contributed by atoms with Gasteiger partial charge in [-0.2, -0.15) is 0 Å². The van der Waals surface area contributed by atoms with Gasteiger partial charge in [0, 0.05) is 10.3 Å². The Morgan fingerprint density at radius 2 is 2.00 bits per heavy atom. The summed E-state index contributed by atoms with van der Waals surface area (Å²) in [5.74, 6) is 1.11. The molecule has 1 aromatic carbocycles. The maximum absolute atomic E-state index is 12.7. The lowest BCUT2D eigenvalue weighted by atomic mass is 9.86. The third kappa shape index (κ3) is 3.53. The molecule has 1 aliphatic carbocycles. The molecular weight excluding hydrogens is 295 g/mol. The fraction of sp³-hybridized carbons (Fsp3) is 0.263. The van der Waals surface area contributed by atoms with Gasteiger partial charge in [0.25, 0.3) is 0 Å². The minimum absolute atomic E-state index is 0.382. The van der Waals surface area contributed by atoms with Gasteiger partial charge in [0.15, 0.2) is 5.76 Å². The van der Waals surface area contributed by atoms with Gasteiger partial charge in [-0.1, -0.05) is 48.6 Å². The number of rotatable bonds is 6. The van der Waals surface area contributed by atoms with E-state index in [2.05, 4.69) is 24.5 Å². The van der Waals surface area contributed by atoms with Crippen LogP contribution in [0.1, 0.15) is 26.3 Å². The van der Waals surface area contributed by atoms with Gasteiger partial charge in [0.05, 0.1) is 5.41 Å². The van der Waals surface area contributed by atoms with E-state index in [-0.39, 0.29) is 5.41 Å². The molecule has 1 aliphatic rings. The van der Waals surface area contributed by atoms with Gasteiger partial charge >= 0.3 is 0 Å². The first-order valence-electron chi connectivity index (χ1n) is 7.21. The van der Waals surface area contributed by atoms with Gasteiger partial charge in [0.2, 0.25) is 0 Å². The molecule has 0 amide bonds. The lowest BCUT2D eigenvalue weighted by Crippen LogP contribution is -2.22. The van der Waals surface area contributed by atoms with Crippen LogP contribution in [0.5, 0.6) is 0 Å². The van der Waals surface area contributed by atoms with Crippen LogP contribution >= 0.6 is 11.8 Å². The maximum atomic E-state index is 12.7. The SMILES string of the molecule is C=C(/C=C(/C)SCC1(C)C(C)=CC=C1OF)c1ccccc1. The highest BCUT2D eigenvalue weighted by molar-refractivity contribution is 8.03. The standard InChI is InChI=1S/C19H21FOS/c1-14(17-8-6-5-7-9-17)12-16(3)22-13-19(4)15(2)10-11-18(19)21-20/h5-12H,1,13H2,2-4H3/b16-12-. The van der Waals surface area contributed by atoms with Crippen molar-refractivity contribution in [3.05, 3.63) is 76.9 Å². The van der Waals surface area contributed by atoms with Crippen molar-refractivity contribution < 1.29 is 9.47 Å². The molecule has 1 aromatic rings. The van der Waals surface area contributed by atoms with Crippen molar-refractivity contribution in [1.82, 2.24) is 0 Å². The summed E-state index contributed by atoms with van der Waals surface area (Å²) in [5.41, 5.74) is 2.82. The highest BCUT2D eigenvalue weighted by Crippen LogP contribution is 2.44. The van der Waals surface area contributed by atoms with Crippen LogP contribution in [0.4, 0.5) is 4.53 Å². The minimum atomic E-state index is -0.386. The maximum Gasteiger partial charge on any atom is 0.159 e. The Kier molecular flexibility index (Phi) is 5.30. The largest absolute Gasteiger partial charge is 0.298 e. The molecule has 0 saturated heterocycles. The van der Waals surface area contributed by atoms with E-state index in [1.54, 1.807) is 17.8 Å². The fourth-order valence-corrected chi connectivity index (χ4v) is 3.45. The Labute approximate surface area is 136 Å². The van der Waals surface area contributed by atoms with Crippen LogP contribution in [-0.4, -0.2) is 5.75 Å². The van der Waals surface area contributed by atoms with Crippen LogP contribution in [0.3, 0.4) is 0 Å². The van der Waals surface area contributed by atoms with Crippen molar-refractivity contribution >= 4 is 17.3 Å². The Morgan fingerprint density at radius 1 is 1.32 bits per heavy atom. The quantitative estimate of drug-likeness (QED) is 0.587. The van der Waals surface area contributed by atoms with Crippen LogP contribution in [0, 0.1) is 5.41 Å². The number of benzene rings is 1. The molecule has 2 rings (SSSR count). The van der Waals surface area contributed by atoms with Crippen LogP contribution in [0.2, 0.25) is 0 Å². The van der Waals surface area contributed by atoms with E-state index in [0.717, 1.165) is 27.4 Å². The molecule has 0 aliphatic heterocycles. The summed E-state index contributed by atoms with van der Waals surface area (Å²) < 4.78 is 12.7. The molecule has 0 N–H and O–H groups in total. The Morgan fingerprint density at radius 3 is 2.64 bits per heavy atom. The Bertz CT molecular complexity index is 643. The van der Waals surface area contributed by atoms with Crippen molar-refractivity contribution in [1.29, 1.82) is 0 Å². The van der Waals surface area contributed by atoms with Gasteiger partial charge in [-0.15, -0.1) is 11.8 Å². The molecule has 1 unspecified atom stereocenters. The smallest absolute Gasteiger partial charge is 0.159 e. The molecule has 116 valence electrons. The van der Waals surface area contributed by atoms with Crippen molar-refractivity contribution in [3.63, 3.8) is 0 Å². The Balaban J connectivity index is 2.02. The van der Waals surface area contributed by atoms with Gasteiger partial charge in [0.1, 0.15) is 0 Å². The summed E-state index contributed by atoms with van der Waals surface area (Å²) >= 11 is 1.69. The number of hydrogen-bond acceptors (Lipinski definition) is 2. The summed E-state index contributed by atoms with van der Waals surface area (Å²) in [7, 11) is 0. The first-order valence-corrected chi connectivity index (χ1v) is 8.19. The number of hydrogen-bond donors (Lipinski definition) is 0. The summed E-state index contributed by atoms with van der Waals surface area (Å²) in [6.45, 7) is 10.2. The monoisotopic (exact) mass is 316 g/mol. The second kappa shape index (κ2) is 7.01. The zero-order chi connectivity index (χ0) is 16.2. The van der Waals surface area contributed by atoms with E-state index >= 15 is 0 Å². The minimum Gasteiger partial charge on any atom is -0.298 e. The first-order chi connectivity index (χ1) is 10.5. The molecule has 0 saturated carbocycles. The lowest BCUT2D eigenvalue weighted by Gasteiger charge is -2.26. The van der Waals surface area contributed by atoms with Gasteiger partial charge in [-0.3, -0.25) is 4.94 Å². The van der Waals surface area contributed by atoms with Crippen molar-refractivity contribution in [2.45, 2.75) is 20.8 Å². The molecule has 22 heavy (non-hydrogen) atoms. The van der Waals surface area contributed by atoms with Gasteiger partial charge < -0.3 is 0 Å². The topological polar surface area (TPSA) is 9.23 Å². The lowest BCUT2D eigenvalue weighted by molar-refractivity contribution is -0.0999. The molecular formula is C19H21FOS. The van der Waals surface area contributed by atoms with E-state index < -0.39 is 0 Å². The van der Waals surface area contributed by atoms with Crippen molar-refractivity contribution in [3.8, 4) is 0 Å². The van der Waals surface area contributed by atoms with E-state index in [0.29, 0.717) is 5.76 Å². The van der Waals surface area contributed by atoms with Gasteiger partial charge in [-0.05, 0) is 49.0 Å². The molecule has 0 bridgehead atoms. The average molecular weight is 316 g/mol. The van der Waals surface area contributed by atoms with E-state index in [1.807, 2.05) is 50.3 Å². The van der Waals surface area contributed by atoms with Crippen LogP contribution in [0.15, 0.2) is 71.4 Å².